The molecule has 28 heavy (non-hydrogen) atoms. The summed E-state index contributed by atoms with van der Waals surface area (Å²) in [4.78, 5) is 13.6. The molecule has 3 heteroatoms. The molecule has 3 nitrogen and oxygen atoms in total. The van der Waals surface area contributed by atoms with Crippen LogP contribution in [0.2, 0.25) is 0 Å². The second-order valence-electron chi connectivity index (χ2n) is 9.87. The van der Waals surface area contributed by atoms with E-state index in [-0.39, 0.29) is 10.8 Å². The van der Waals surface area contributed by atoms with Gasteiger partial charge in [-0.15, -0.1) is 0 Å². The van der Waals surface area contributed by atoms with E-state index in [0.717, 1.165) is 19.5 Å². The predicted octanol–water partition coefficient (Wildman–Crippen LogP) is 5.88. The van der Waals surface area contributed by atoms with Crippen LogP contribution in [0.4, 0.5) is 5.69 Å². The molecule has 0 radical (unpaired) electrons. The Balaban J connectivity index is 1.64. The Morgan fingerprint density at radius 1 is 0.964 bits per heavy atom. The van der Waals surface area contributed by atoms with Crippen LogP contribution in [0, 0.1) is 5.92 Å². The summed E-state index contributed by atoms with van der Waals surface area (Å²) in [5, 5.41) is 9.10. The first-order valence-electron chi connectivity index (χ1n) is 10.3. The van der Waals surface area contributed by atoms with Gasteiger partial charge in [-0.3, -0.25) is 0 Å². The Labute approximate surface area is 169 Å². The standard InChI is InChI=1S/C25H33NO2/c1-24(2,3)20-10-12-22(13-11-20)26-15-14-18(17-26)16-25(4,5)21-8-6-19(7-9-21)23(27)28/h6-13,18H,14-17H2,1-5H3,(H,27,28). The molecule has 1 fully saturated rings. The van der Waals surface area contributed by atoms with Crippen molar-refractivity contribution in [1.29, 1.82) is 0 Å². The van der Waals surface area contributed by atoms with Crippen LogP contribution in [0.25, 0.3) is 0 Å². The first-order chi connectivity index (χ1) is 13.1. The molecule has 0 saturated carbocycles. The number of aromatic carboxylic acids is 1. The lowest BCUT2D eigenvalue weighted by Gasteiger charge is -2.29. The number of hydrogen-bond donors (Lipinski definition) is 1. The molecule has 0 amide bonds. The lowest BCUT2D eigenvalue weighted by Crippen LogP contribution is -2.25. The van der Waals surface area contributed by atoms with Crippen molar-refractivity contribution in [3.63, 3.8) is 0 Å². The first-order valence-corrected chi connectivity index (χ1v) is 10.3. The van der Waals surface area contributed by atoms with Crippen molar-refractivity contribution < 1.29 is 9.90 Å². The number of nitrogens with zero attached hydrogens (tertiary/aromatic N) is 1. The van der Waals surface area contributed by atoms with Crippen LogP contribution in [0.5, 0.6) is 0 Å². The molecule has 1 saturated heterocycles. The highest BCUT2D eigenvalue weighted by atomic mass is 16.4. The number of carboxylic acids is 1. The summed E-state index contributed by atoms with van der Waals surface area (Å²) in [7, 11) is 0. The fourth-order valence-corrected chi connectivity index (χ4v) is 4.31. The van der Waals surface area contributed by atoms with E-state index in [0.29, 0.717) is 11.5 Å². The molecule has 1 aliphatic heterocycles. The molecular formula is C25H33NO2. The molecule has 1 unspecified atom stereocenters. The minimum atomic E-state index is -0.867. The van der Waals surface area contributed by atoms with Crippen molar-refractivity contribution in [3.05, 3.63) is 65.2 Å². The third kappa shape index (κ3) is 4.57. The van der Waals surface area contributed by atoms with Gasteiger partial charge in [-0.05, 0) is 65.0 Å². The zero-order valence-electron chi connectivity index (χ0n) is 17.8. The number of rotatable bonds is 5. The fourth-order valence-electron chi connectivity index (χ4n) is 4.31. The Morgan fingerprint density at radius 3 is 2.07 bits per heavy atom. The Bertz CT molecular complexity index is 813. The summed E-state index contributed by atoms with van der Waals surface area (Å²) in [6.45, 7) is 13.5. The number of benzene rings is 2. The first kappa shape index (κ1) is 20.4. The average molecular weight is 380 g/mol. The maximum Gasteiger partial charge on any atom is 0.335 e. The van der Waals surface area contributed by atoms with E-state index in [1.807, 2.05) is 12.1 Å². The normalized spacial score (nSPS) is 17.8. The molecule has 1 aliphatic rings. The van der Waals surface area contributed by atoms with Gasteiger partial charge in [0.25, 0.3) is 0 Å². The van der Waals surface area contributed by atoms with Crippen LogP contribution >= 0.6 is 0 Å². The van der Waals surface area contributed by atoms with Gasteiger partial charge in [0.05, 0.1) is 5.56 Å². The van der Waals surface area contributed by atoms with Crippen LogP contribution in [0.15, 0.2) is 48.5 Å². The SMILES string of the molecule is CC(C)(C)c1ccc(N2CCC(CC(C)(C)c3ccc(C(=O)O)cc3)C2)cc1. The zero-order valence-corrected chi connectivity index (χ0v) is 17.8. The van der Waals surface area contributed by atoms with Gasteiger partial charge in [0.15, 0.2) is 0 Å². The van der Waals surface area contributed by atoms with Crippen LogP contribution in [-0.2, 0) is 10.8 Å². The lowest BCUT2D eigenvalue weighted by molar-refractivity contribution is 0.0697. The molecule has 0 aromatic heterocycles. The summed E-state index contributed by atoms with van der Waals surface area (Å²) in [6.07, 6.45) is 2.31. The fraction of sp³-hybridized carbons (Fsp3) is 0.480. The molecule has 1 N–H and O–H groups in total. The van der Waals surface area contributed by atoms with E-state index in [9.17, 15) is 4.79 Å². The van der Waals surface area contributed by atoms with Crippen LogP contribution in [0.3, 0.4) is 0 Å². The Hall–Kier alpha value is -2.29. The van der Waals surface area contributed by atoms with E-state index < -0.39 is 5.97 Å². The molecule has 2 aromatic carbocycles. The van der Waals surface area contributed by atoms with Crippen molar-refractivity contribution in [3.8, 4) is 0 Å². The van der Waals surface area contributed by atoms with Gasteiger partial charge in [-0.2, -0.15) is 0 Å². The van der Waals surface area contributed by atoms with E-state index in [4.69, 9.17) is 5.11 Å². The largest absolute Gasteiger partial charge is 0.478 e. The molecule has 3 rings (SSSR count). The molecule has 0 spiro atoms. The average Bonchev–Trinajstić information content (AvgIpc) is 3.09. The summed E-state index contributed by atoms with van der Waals surface area (Å²) in [5.74, 6) is -0.218. The number of anilines is 1. The van der Waals surface area contributed by atoms with E-state index >= 15 is 0 Å². The quantitative estimate of drug-likeness (QED) is 0.705. The summed E-state index contributed by atoms with van der Waals surface area (Å²) < 4.78 is 0. The van der Waals surface area contributed by atoms with Crippen molar-refractivity contribution in [2.75, 3.05) is 18.0 Å². The van der Waals surface area contributed by atoms with Crippen LogP contribution in [0.1, 0.15) is 68.9 Å². The number of carbonyl (C=O) groups is 1. The summed E-state index contributed by atoms with van der Waals surface area (Å²) in [6, 6.07) is 16.4. The van der Waals surface area contributed by atoms with Gasteiger partial charge in [-0.25, -0.2) is 4.79 Å². The molecule has 150 valence electrons. The molecular weight excluding hydrogens is 346 g/mol. The van der Waals surface area contributed by atoms with Crippen LogP contribution in [-0.4, -0.2) is 24.2 Å². The third-order valence-corrected chi connectivity index (χ3v) is 6.10. The zero-order chi connectivity index (χ0) is 20.5. The van der Waals surface area contributed by atoms with Crippen molar-refractivity contribution in [2.24, 2.45) is 5.92 Å². The smallest absolute Gasteiger partial charge is 0.335 e. The maximum atomic E-state index is 11.1. The van der Waals surface area contributed by atoms with Gasteiger partial charge in [0.1, 0.15) is 0 Å². The highest BCUT2D eigenvalue weighted by Gasteiger charge is 2.30. The topological polar surface area (TPSA) is 40.5 Å². The molecule has 1 heterocycles. The van der Waals surface area contributed by atoms with Gasteiger partial charge in [0.2, 0.25) is 0 Å². The Morgan fingerprint density at radius 2 is 1.54 bits per heavy atom. The number of carboxylic acid groups (broad SMARTS) is 1. The van der Waals surface area contributed by atoms with Gasteiger partial charge in [-0.1, -0.05) is 58.9 Å². The molecule has 0 bridgehead atoms. The maximum absolute atomic E-state index is 11.1. The summed E-state index contributed by atoms with van der Waals surface area (Å²) >= 11 is 0. The second-order valence-corrected chi connectivity index (χ2v) is 9.87. The lowest BCUT2D eigenvalue weighted by atomic mass is 9.76. The Kier molecular flexibility index (Phi) is 5.56. The van der Waals surface area contributed by atoms with Gasteiger partial charge < -0.3 is 10.0 Å². The second kappa shape index (κ2) is 7.62. The van der Waals surface area contributed by atoms with E-state index in [1.165, 1.54) is 23.2 Å². The van der Waals surface area contributed by atoms with Crippen molar-refractivity contribution in [2.45, 2.75) is 58.3 Å². The molecule has 2 aromatic rings. The van der Waals surface area contributed by atoms with Crippen molar-refractivity contribution >= 4 is 11.7 Å². The van der Waals surface area contributed by atoms with Gasteiger partial charge in [0, 0.05) is 18.8 Å². The summed E-state index contributed by atoms with van der Waals surface area (Å²) in [5.41, 5.74) is 4.48. The van der Waals surface area contributed by atoms with Crippen LogP contribution < -0.4 is 4.90 Å². The highest BCUT2D eigenvalue weighted by Crippen LogP contribution is 2.36. The highest BCUT2D eigenvalue weighted by molar-refractivity contribution is 5.87. The van der Waals surface area contributed by atoms with E-state index in [2.05, 4.69) is 63.8 Å². The van der Waals surface area contributed by atoms with Gasteiger partial charge >= 0.3 is 5.97 Å². The third-order valence-electron chi connectivity index (χ3n) is 6.10. The molecule has 0 aliphatic carbocycles. The van der Waals surface area contributed by atoms with Crippen molar-refractivity contribution in [1.82, 2.24) is 0 Å². The molecule has 1 atom stereocenters. The predicted molar refractivity (Wildman–Crippen MR) is 117 cm³/mol. The van der Waals surface area contributed by atoms with E-state index in [1.54, 1.807) is 12.1 Å². The minimum absolute atomic E-state index is 0.0355. The minimum Gasteiger partial charge on any atom is -0.478 e. The number of hydrogen-bond acceptors (Lipinski definition) is 2. The monoisotopic (exact) mass is 379 g/mol.